The highest BCUT2D eigenvalue weighted by molar-refractivity contribution is 6.07. The number of aromatic nitrogens is 2. The van der Waals surface area contributed by atoms with Crippen LogP contribution in [0.1, 0.15) is 60.5 Å². The summed E-state index contributed by atoms with van der Waals surface area (Å²) in [5.41, 5.74) is 5.57. The number of carbonyl (C=O) groups excluding carboxylic acids is 1. The van der Waals surface area contributed by atoms with Gasteiger partial charge in [0.2, 0.25) is 0 Å². The van der Waals surface area contributed by atoms with E-state index in [1.165, 1.54) is 5.56 Å². The lowest BCUT2D eigenvalue weighted by Gasteiger charge is -2.27. The molecule has 0 saturated heterocycles. The van der Waals surface area contributed by atoms with Crippen LogP contribution in [-0.2, 0) is 11.3 Å². The van der Waals surface area contributed by atoms with Gasteiger partial charge in [0.25, 0.3) is 5.91 Å². The Balaban J connectivity index is 1.43. The first-order valence-corrected chi connectivity index (χ1v) is 13.2. The normalized spacial score (nSPS) is 17.0. The topological polar surface area (TPSA) is 84.2 Å². The lowest BCUT2D eigenvalue weighted by Crippen LogP contribution is -2.38. The minimum atomic E-state index is -0.749. The highest BCUT2D eigenvalue weighted by Gasteiger charge is 2.27. The van der Waals surface area contributed by atoms with Gasteiger partial charge in [-0.2, -0.15) is 5.10 Å². The molecular weight excluding hydrogens is 474 g/mol. The average molecular weight is 506 g/mol. The van der Waals surface area contributed by atoms with Gasteiger partial charge in [-0.1, -0.05) is 73.4 Å². The van der Waals surface area contributed by atoms with Gasteiger partial charge in [-0.3, -0.25) is 14.3 Å². The molecule has 2 N–H and O–H groups in total. The lowest BCUT2D eigenvalue weighted by atomic mass is 9.86. The molecule has 5 rings (SSSR count). The molecule has 1 aliphatic rings. The average Bonchev–Trinajstić information content (AvgIpc) is 3.36. The van der Waals surface area contributed by atoms with Crippen LogP contribution in [0.2, 0.25) is 0 Å². The maximum Gasteiger partial charge on any atom is 0.306 e. The van der Waals surface area contributed by atoms with Crippen LogP contribution in [0.5, 0.6) is 0 Å². The molecule has 0 radical (unpaired) electrons. The van der Waals surface area contributed by atoms with E-state index in [9.17, 15) is 14.7 Å². The smallest absolute Gasteiger partial charge is 0.306 e. The summed E-state index contributed by atoms with van der Waals surface area (Å²) in [5.74, 6) is 5.11. The highest BCUT2D eigenvalue weighted by Crippen LogP contribution is 2.27. The number of amides is 1. The number of fused-ring (bicyclic) bond motifs is 1. The summed E-state index contributed by atoms with van der Waals surface area (Å²) < 4.78 is 1.88. The number of hydrogen-bond donors (Lipinski definition) is 2. The Kier molecular flexibility index (Phi) is 7.55. The summed E-state index contributed by atoms with van der Waals surface area (Å²) in [6, 6.07) is 22.3. The third-order valence-corrected chi connectivity index (χ3v) is 7.25. The standard InChI is InChI=1S/C32H31N3O3/c1-2-3-7-25-16-19-28(31(36)34-27-17-14-26(15-18-27)32(37)38)30-29(25)20-33-35(30)21-22-10-12-24(13-11-22)23-8-5-4-6-9-23/h4-6,8-13,16,19-20,26-27H,2,14-15,17-18,21H2,1H3,(H,34,36)(H,37,38). The van der Waals surface area contributed by atoms with Crippen molar-refractivity contribution in [2.75, 3.05) is 0 Å². The summed E-state index contributed by atoms with van der Waals surface area (Å²) in [5, 5.41) is 17.9. The van der Waals surface area contributed by atoms with Crippen molar-refractivity contribution in [3.63, 3.8) is 0 Å². The molecule has 6 nitrogen and oxygen atoms in total. The second-order valence-corrected chi connectivity index (χ2v) is 9.80. The molecule has 0 bridgehead atoms. The number of carboxylic acid groups (broad SMARTS) is 1. The van der Waals surface area contributed by atoms with Gasteiger partial charge >= 0.3 is 5.97 Å². The molecule has 0 aliphatic heterocycles. The van der Waals surface area contributed by atoms with Gasteiger partial charge in [0.15, 0.2) is 0 Å². The number of rotatable bonds is 6. The second kappa shape index (κ2) is 11.4. The van der Waals surface area contributed by atoms with Crippen molar-refractivity contribution < 1.29 is 14.7 Å². The number of nitrogens with one attached hydrogen (secondary N) is 1. The van der Waals surface area contributed by atoms with Gasteiger partial charge in [0.05, 0.1) is 29.7 Å². The van der Waals surface area contributed by atoms with E-state index in [-0.39, 0.29) is 17.9 Å². The Morgan fingerprint density at radius 1 is 0.974 bits per heavy atom. The largest absolute Gasteiger partial charge is 0.481 e. The fourth-order valence-electron chi connectivity index (χ4n) is 5.15. The molecule has 1 heterocycles. The summed E-state index contributed by atoms with van der Waals surface area (Å²) in [7, 11) is 0. The molecule has 4 aromatic rings. The highest BCUT2D eigenvalue weighted by atomic mass is 16.4. The van der Waals surface area contributed by atoms with Crippen LogP contribution in [0, 0.1) is 17.8 Å². The van der Waals surface area contributed by atoms with Gasteiger partial charge in [0, 0.05) is 23.4 Å². The van der Waals surface area contributed by atoms with Gasteiger partial charge in [0.1, 0.15) is 0 Å². The third-order valence-electron chi connectivity index (χ3n) is 7.25. The summed E-state index contributed by atoms with van der Waals surface area (Å²) in [4.78, 5) is 24.8. The number of aliphatic carboxylic acids is 1. The van der Waals surface area contributed by atoms with Gasteiger partial charge in [-0.15, -0.1) is 0 Å². The van der Waals surface area contributed by atoms with E-state index < -0.39 is 5.97 Å². The zero-order chi connectivity index (χ0) is 26.5. The molecule has 38 heavy (non-hydrogen) atoms. The Labute approximate surface area is 222 Å². The second-order valence-electron chi connectivity index (χ2n) is 9.80. The molecule has 0 spiro atoms. The van der Waals surface area contributed by atoms with E-state index in [4.69, 9.17) is 0 Å². The molecule has 192 valence electrons. The molecular formula is C32H31N3O3. The summed E-state index contributed by atoms with van der Waals surface area (Å²) in [6.45, 7) is 2.53. The maximum absolute atomic E-state index is 13.5. The van der Waals surface area contributed by atoms with Crippen molar-refractivity contribution in [2.24, 2.45) is 5.92 Å². The number of nitrogens with zero attached hydrogens (tertiary/aromatic N) is 2. The van der Waals surface area contributed by atoms with E-state index in [1.807, 2.05) is 41.9 Å². The van der Waals surface area contributed by atoms with E-state index in [0.717, 1.165) is 34.0 Å². The zero-order valence-electron chi connectivity index (χ0n) is 21.5. The van der Waals surface area contributed by atoms with Gasteiger partial charge in [-0.05, 0) is 54.5 Å². The fraction of sp³-hybridized carbons (Fsp3) is 0.281. The first kappa shape index (κ1) is 25.3. The van der Waals surface area contributed by atoms with Crippen LogP contribution in [0.15, 0.2) is 72.9 Å². The van der Waals surface area contributed by atoms with Crippen LogP contribution >= 0.6 is 0 Å². The maximum atomic E-state index is 13.5. The molecule has 0 unspecified atom stereocenters. The molecule has 1 aromatic heterocycles. The van der Waals surface area contributed by atoms with E-state index in [0.29, 0.717) is 37.8 Å². The molecule has 1 fully saturated rings. The fourth-order valence-corrected chi connectivity index (χ4v) is 5.15. The summed E-state index contributed by atoms with van der Waals surface area (Å²) >= 11 is 0. The molecule has 1 amide bonds. The number of benzene rings is 3. The van der Waals surface area contributed by atoms with Crippen molar-refractivity contribution in [3.8, 4) is 23.0 Å². The van der Waals surface area contributed by atoms with Gasteiger partial charge in [-0.25, -0.2) is 0 Å². The number of carboxylic acids is 1. The zero-order valence-corrected chi connectivity index (χ0v) is 21.5. The van der Waals surface area contributed by atoms with Crippen molar-refractivity contribution in [2.45, 2.75) is 51.6 Å². The monoisotopic (exact) mass is 505 g/mol. The van der Waals surface area contributed by atoms with Crippen LogP contribution in [0.3, 0.4) is 0 Å². The van der Waals surface area contributed by atoms with Crippen LogP contribution < -0.4 is 5.32 Å². The SMILES string of the molecule is CCC#Cc1ccc(C(=O)NC2CCC(C(=O)O)CC2)c2c1cnn2Cc1ccc(-c2ccccc2)cc1. The van der Waals surface area contributed by atoms with Crippen molar-refractivity contribution in [1.29, 1.82) is 0 Å². The van der Waals surface area contributed by atoms with Crippen LogP contribution in [0.4, 0.5) is 0 Å². The van der Waals surface area contributed by atoms with Crippen LogP contribution in [-0.4, -0.2) is 32.8 Å². The number of carbonyl (C=O) groups is 2. The first-order chi connectivity index (χ1) is 18.5. The molecule has 3 aromatic carbocycles. The number of hydrogen-bond acceptors (Lipinski definition) is 3. The first-order valence-electron chi connectivity index (χ1n) is 13.2. The van der Waals surface area contributed by atoms with Crippen LogP contribution in [0.25, 0.3) is 22.0 Å². The quantitative estimate of drug-likeness (QED) is 0.320. The Hall–Kier alpha value is -4.37. The minimum Gasteiger partial charge on any atom is -0.481 e. The third kappa shape index (κ3) is 5.47. The Morgan fingerprint density at radius 2 is 1.68 bits per heavy atom. The van der Waals surface area contributed by atoms with Crippen molar-refractivity contribution >= 4 is 22.8 Å². The predicted octanol–water partition coefficient (Wildman–Crippen LogP) is 5.89. The van der Waals surface area contributed by atoms with Crippen molar-refractivity contribution in [1.82, 2.24) is 15.1 Å². The van der Waals surface area contributed by atoms with E-state index in [1.54, 1.807) is 6.20 Å². The molecule has 6 heteroatoms. The van der Waals surface area contributed by atoms with E-state index in [2.05, 4.69) is 58.7 Å². The molecule has 1 saturated carbocycles. The Bertz CT molecular complexity index is 1500. The van der Waals surface area contributed by atoms with Gasteiger partial charge < -0.3 is 10.4 Å². The molecule has 1 aliphatic carbocycles. The lowest BCUT2D eigenvalue weighted by molar-refractivity contribution is -0.142. The van der Waals surface area contributed by atoms with E-state index >= 15 is 0 Å². The molecule has 0 atom stereocenters. The van der Waals surface area contributed by atoms with Crippen molar-refractivity contribution in [3.05, 3.63) is 89.6 Å². The summed E-state index contributed by atoms with van der Waals surface area (Å²) in [6.07, 6.45) is 5.03. The Morgan fingerprint density at radius 3 is 2.37 bits per heavy atom. The minimum absolute atomic E-state index is 0.0328. The predicted molar refractivity (Wildman–Crippen MR) is 149 cm³/mol.